The summed E-state index contributed by atoms with van der Waals surface area (Å²) in [6.07, 6.45) is -9.71. The molecule has 208 valence electrons. The van der Waals surface area contributed by atoms with Gasteiger partial charge in [0.15, 0.2) is 9.84 Å². The van der Waals surface area contributed by atoms with E-state index in [0.29, 0.717) is 25.0 Å². The van der Waals surface area contributed by atoms with Crippen LogP contribution >= 0.6 is 0 Å². The molecule has 0 unspecified atom stereocenters. The van der Waals surface area contributed by atoms with E-state index < -0.39 is 62.9 Å². The van der Waals surface area contributed by atoms with E-state index in [1.54, 1.807) is 36.4 Å². The van der Waals surface area contributed by atoms with E-state index in [-0.39, 0.29) is 22.9 Å². The van der Waals surface area contributed by atoms with Crippen molar-refractivity contribution >= 4 is 9.84 Å². The fraction of sp³-hybridized carbons (Fsp3) is 0.357. The number of ether oxygens (including phenoxy) is 1. The van der Waals surface area contributed by atoms with Gasteiger partial charge >= 0.3 is 12.4 Å². The lowest BCUT2D eigenvalue weighted by Crippen LogP contribution is -2.54. The van der Waals surface area contributed by atoms with Gasteiger partial charge in [0, 0.05) is 6.04 Å². The summed E-state index contributed by atoms with van der Waals surface area (Å²) < 4.78 is 113. The molecule has 2 aliphatic rings. The third kappa shape index (κ3) is 5.31. The second kappa shape index (κ2) is 9.94. The highest BCUT2D eigenvalue weighted by atomic mass is 32.2. The van der Waals surface area contributed by atoms with Crippen molar-refractivity contribution in [2.24, 2.45) is 0 Å². The first-order valence-corrected chi connectivity index (χ1v) is 13.9. The highest BCUT2D eigenvalue weighted by molar-refractivity contribution is 7.92. The van der Waals surface area contributed by atoms with E-state index in [1.165, 1.54) is 12.1 Å². The van der Waals surface area contributed by atoms with E-state index in [2.05, 4.69) is 5.32 Å². The molecule has 1 N–H and O–H groups in total. The molecule has 2 saturated heterocycles. The maximum absolute atomic E-state index is 13.6. The van der Waals surface area contributed by atoms with Gasteiger partial charge in [-0.3, -0.25) is 0 Å². The highest BCUT2D eigenvalue weighted by Gasteiger charge is 2.57. The first kappa shape index (κ1) is 27.7. The number of nitrogens with one attached hydrogen (secondary N) is 1. The second-order valence-electron chi connectivity index (χ2n) is 9.98. The molecule has 3 aromatic carbocycles. The van der Waals surface area contributed by atoms with Crippen LogP contribution < -0.4 is 5.32 Å². The Morgan fingerprint density at radius 2 is 1.38 bits per heavy atom. The third-order valence-corrected chi connectivity index (χ3v) is 9.78. The summed E-state index contributed by atoms with van der Waals surface area (Å²) in [4.78, 5) is 0.189. The Morgan fingerprint density at radius 1 is 0.821 bits per heavy atom. The van der Waals surface area contributed by atoms with Crippen molar-refractivity contribution < 1.29 is 39.5 Å². The van der Waals surface area contributed by atoms with Gasteiger partial charge in [-0.1, -0.05) is 48.5 Å². The molecule has 2 aliphatic heterocycles. The van der Waals surface area contributed by atoms with Gasteiger partial charge in [-0.2, -0.15) is 26.3 Å². The minimum absolute atomic E-state index is 0.0811. The van der Waals surface area contributed by atoms with Crippen molar-refractivity contribution in [1.29, 1.82) is 0 Å². The first-order valence-electron chi connectivity index (χ1n) is 12.3. The summed E-state index contributed by atoms with van der Waals surface area (Å²) in [5, 5.41) is 2.65. The van der Waals surface area contributed by atoms with Gasteiger partial charge in [-0.15, -0.1) is 0 Å². The van der Waals surface area contributed by atoms with Gasteiger partial charge in [0.2, 0.25) is 0 Å². The van der Waals surface area contributed by atoms with Crippen LogP contribution in [-0.4, -0.2) is 25.8 Å². The summed E-state index contributed by atoms with van der Waals surface area (Å²) in [6.45, 7) is -0.505. The van der Waals surface area contributed by atoms with Crippen LogP contribution in [0.4, 0.5) is 26.3 Å². The Balaban J connectivity index is 1.48. The van der Waals surface area contributed by atoms with Crippen molar-refractivity contribution in [3.8, 4) is 0 Å². The van der Waals surface area contributed by atoms with Crippen LogP contribution in [0.2, 0.25) is 0 Å². The van der Waals surface area contributed by atoms with Crippen molar-refractivity contribution in [3.63, 3.8) is 0 Å². The summed E-state index contributed by atoms with van der Waals surface area (Å²) in [5.41, 5.74) is -3.35. The summed E-state index contributed by atoms with van der Waals surface area (Å²) >= 11 is 0. The van der Waals surface area contributed by atoms with Crippen molar-refractivity contribution in [3.05, 3.63) is 101 Å². The van der Waals surface area contributed by atoms with Crippen LogP contribution in [0.3, 0.4) is 0 Å². The predicted molar refractivity (Wildman–Crippen MR) is 131 cm³/mol. The van der Waals surface area contributed by atoms with Crippen molar-refractivity contribution in [2.75, 3.05) is 0 Å². The van der Waals surface area contributed by atoms with Gasteiger partial charge in [0.05, 0.1) is 39.5 Å². The summed E-state index contributed by atoms with van der Waals surface area (Å²) in [7, 11) is -3.74. The molecule has 0 spiro atoms. The zero-order valence-electron chi connectivity index (χ0n) is 20.5. The molecule has 0 saturated carbocycles. The van der Waals surface area contributed by atoms with Gasteiger partial charge in [-0.05, 0) is 60.7 Å². The van der Waals surface area contributed by atoms with Crippen molar-refractivity contribution in [2.45, 2.75) is 66.1 Å². The second-order valence-corrected chi connectivity index (χ2v) is 12.1. The minimum Gasteiger partial charge on any atom is -0.371 e. The molecule has 0 amide bonds. The molecule has 2 bridgehead atoms. The number of halogens is 6. The maximum atomic E-state index is 13.6. The van der Waals surface area contributed by atoms with Crippen LogP contribution in [0.1, 0.15) is 41.5 Å². The number of alkyl halides is 6. The van der Waals surface area contributed by atoms with Gasteiger partial charge in [0.25, 0.3) is 0 Å². The molecule has 4 atom stereocenters. The SMILES string of the molecule is O=S(=O)(c1ccccc1)[C@@H]1C[C@]2(c3ccccc3)N[C@H]1CC[C@H]2OCc1cc(C(F)(F)F)cc(C(F)(F)F)c1. The normalized spacial score (nSPS) is 25.5. The fourth-order valence-electron chi connectivity index (χ4n) is 5.76. The first-order chi connectivity index (χ1) is 18.3. The lowest BCUT2D eigenvalue weighted by Gasteiger charge is -2.42. The Hall–Kier alpha value is -2.89. The molecule has 4 nitrogen and oxygen atoms in total. The molecule has 3 aromatic rings. The quantitative estimate of drug-likeness (QED) is 0.345. The lowest BCUT2D eigenvalue weighted by molar-refractivity contribution is -0.143. The van der Waals surface area contributed by atoms with E-state index in [4.69, 9.17) is 4.74 Å². The van der Waals surface area contributed by atoms with Gasteiger partial charge < -0.3 is 10.1 Å². The Labute approximate surface area is 221 Å². The van der Waals surface area contributed by atoms with Gasteiger partial charge in [-0.25, -0.2) is 8.42 Å². The molecule has 2 heterocycles. The molecule has 0 aliphatic carbocycles. The number of hydrogen-bond donors (Lipinski definition) is 1. The number of hydrogen-bond acceptors (Lipinski definition) is 4. The zero-order chi connectivity index (χ0) is 28.1. The largest absolute Gasteiger partial charge is 0.416 e. The monoisotopic (exact) mass is 569 g/mol. The van der Waals surface area contributed by atoms with E-state index >= 15 is 0 Å². The average Bonchev–Trinajstić information content (AvgIpc) is 3.23. The standard InChI is InChI=1S/C28H25F6NO3S/c29-27(30,31)20-13-18(14-21(15-20)28(32,33)34)17-38-25-12-11-23-24(39(36,37)22-9-5-2-6-10-22)16-26(25,35-23)19-7-3-1-4-8-19/h1-10,13-15,23-25,35H,11-12,16-17H2/t23-,24+,25+,26+/m0/s1. The highest BCUT2D eigenvalue weighted by Crippen LogP contribution is 2.48. The summed E-state index contributed by atoms with van der Waals surface area (Å²) in [5.74, 6) is 0. The van der Waals surface area contributed by atoms with Crippen LogP contribution in [0.25, 0.3) is 0 Å². The predicted octanol–water partition coefficient (Wildman–Crippen LogP) is 6.50. The molecular weight excluding hydrogens is 544 g/mol. The van der Waals surface area contributed by atoms with E-state index in [0.717, 1.165) is 5.56 Å². The molecular formula is C28H25F6NO3S. The van der Waals surface area contributed by atoms with Crippen LogP contribution in [0, 0.1) is 0 Å². The molecule has 39 heavy (non-hydrogen) atoms. The number of sulfone groups is 1. The fourth-order valence-corrected chi connectivity index (χ4v) is 7.77. The molecule has 0 radical (unpaired) electrons. The minimum atomic E-state index is -4.97. The number of piperidine rings is 1. The average molecular weight is 570 g/mol. The van der Waals surface area contributed by atoms with Gasteiger partial charge in [0.1, 0.15) is 0 Å². The zero-order valence-corrected chi connectivity index (χ0v) is 21.3. The van der Waals surface area contributed by atoms with Crippen molar-refractivity contribution in [1.82, 2.24) is 5.32 Å². The summed E-state index contributed by atoms with van der Waals surface area (Å²) in [6, 6.07) is 18.1. The Morgan fingerprint density at radius 3 is 1.95 bits per heavy atom. The number of rotatable bonds is 6. The lowest BCUT2D eigenvalue weighted by atomic mass is 9.80. The number of fused-ring (bicyclic) bond motifs is 2. The van der Waals surface area contributed by atoms with E-state index in [9.17, 15) is 34.8 Å². The Kier molecular flexibility index (Phi) is 7.05. The molecule has 2 fully saturated rings. The third-order valence-electron chi connectivity index (χ3n) is 7.56. The van der Waals surface area contributed by atoms with Crippen LogP contribution in [0.5, 0.6) is 0 Å². The molecule has 11 heteroatoms. The van der Waals surface area contributed by atoms with E-state index in [1.807, 2.05) is 12.1 Å². The molecule has 5 rings (SSSR count). The van der Waals surface area contributed by atoms with Crippen LogP contribution in [0.15, 0.2) is 83.8 Å². The topological polar surface area (TPSA) is 55.4 Å². The number of benzene rings is 3. The Bertz CT molecular complexity index is 1390. The molecule has 0 aromatic heterocycles. The smallest absolute Gasteiger partial charge is 0.371 e. The van der Waals surface area contributed by atoms with Crippen LogP contribution in [-0.2, 0) is 39.1 Å². The maximum Gasteiger partial charge on any atom is 0.416 e.